The highest BCUT2D eigenvalue weighted by Crippen LogP contribution is 2.18. The Hall–Kier alpha value is -1.59. The largest absolute Gasteiger partial charge is 0.373 e. The van der Waals surface area contributed by atoms with Gasteiger partial charge in [-0.05, 0) is 37.1 Å². The second-order valence-electron chi connectivity index (χ2n) is 4.75. The second kappa shape index (κ2) is 6.54. The van der Waals surface area contributed by atoms with Gasteiger partial charge in [-0.3, -0.25) is 4.79 Å². The first-order chi connectivity index (χ1) is 9.20. The van der Waals surface area contributed by atoms with Crippen LogP contribution in [0.3, 0.4) is 0 Å². The van der Waals surface area contributed by atoms with Crippen LogP contribution in [0.1, 0.15) is 12.8 Å². The summed E-state index contributed by atoms with van der Waals surface area (Å²) in [4.78, 5) is 13.9. The smallest absolute Gasteiger partial charge is 0.253 e. The zero-order chi connectivity index (χ0) is 13.7. The van der Waals surface area contributed by atoms with Gasteiger partial charge in [-0.1, -0.05) is 0 Å². The molecule has 1 amide bonds. The molecule has 1 aromatic rings. The molecule has 0 spiro atoms. The Morgan fingerprint density at radius 3 is 2.79 bits per heavy atom. The standard InChI is InChI=1S/C14H21N3O2/c1-17(9-8-15)12-6-4-11(5-7-12)16-14(18)13-3-2-10-19-13/h4-7,13H,2-3,8-10,15H2,1H3,(H,16,18). The quantitative estimate of drug-likeness (QED) is 0.837. The molecule has 1 aliphatic rings. The molecule has 1 aliphatic heterocycles. The number of benzene rings is 1. The van der Waals surface area contributed by atoms with Crippen molar-refractivity contribution in [1.82, 2.24) is 0 Å². The van der Waals surface area contributed by atoms with Crippen LogP contribution in [0.15, 0.2) is 24.3 Å². The number of nitrogens with one attached hydrogen (secondary N) is 1. The summed E-state index contributed by atoms with van der Waals surface area (Å²) in [5.41, 5.74) is 7.40. The van der Waals surface area contributed by atoms with Crippen LogP contribution in [0.4, 0.5) is 11.4 Å². The Kier molecular flexibility index (Phi) is 4.76. The van der Waals surface area contributed by atoms with Crippen molar-refractivity contribution in [3.05, 3.63) is 24.3 Å². The molecule has 19 heavy (non-hydrogen) atoms. The number of anilines is 2. The number of ether oxygens (including phenoxy) is 1. The third-order valence-electron chi connectivity index (χ3n) is 3.26. The number of rotatable bonds is 5. The van der Waals surface area contributed by atoms with Gasteiger partial charge in [-0.25, -0.2) is 0 Å². The number of hydrogen-bond acceptors (Lipinski definition) is 4. The summed E-state index contributed by atoms with van der Waals surface area (Å²) in [6.45, 7) is 2.11. The topological polar surface area (TPSA) is 67.6 Å². The summed E-state index contributed by atoms with van der Waals surface area (Å²) in [5, 5.41) is 2.87. The zero-order valence-electron chi connectivity index (χ0n) is 11.3. The van der Waals surface area contributed by atoms with E-state index in [1.54, 1.807) is 0 Å². The number of nitrogens with two attached hydrogens (primary N) is 1. The molecule has 0 bridgehead atoms. The van der Waals surface area contributed by atoms with Crippen LogP contribution in [-0.2, 0) is 9.53 Å². The lowest BCUT2D eigenvalue weighted by molar-refractivity contribution is -0.124. The molecule has 2 rings (SSSR count). The van der Waals surface area contributed by atoms with E-state index in [9.17, 15) is 4.79 Å². The molecule has 5 heteroatoms. The van der Waals surface area contributed by atoms with Gasteiger partial charge in [0, 0.05) is 38.1 Å². The molecule has 0 saturated carbocycles. The van der Waals surface area contributed by atoms with E-state index in [1.165, 1.54) is 0 Å². The van der Waals surface area contributed by atoms with Crippen molar-refractivity contribution in [3.8, 4) is 0 Å². The fraction of sp³-hybridized carbons (Fsp3) is 0.500. The highest BCUT2D eigenvalue weighted by Gasteiger charge is 2.23. The lowest BCUT2D eigenvalue weighted by atomic mass is 10.2. The number of carbonyl (C=O) groups excluding carboxylic acids is 1. The van der Waals surface area contributed by atoms with Gasteiger partial charge in [0.05, 0.1) is 0 Å². The predicted molar refractivity (Wildman–Crippen MR) is 76.4 cm³/mol. The summed E-state index contributed by atoms with van der Waals surface area (Å²) in [6, 6.07) is 7.74. The maximum absolute atomic E-state index is 11.9. The molecule has 0 aromatic heterocycles. The number of amides is 1. The van der Waals surface area contributed by atoms with Crippen molar-refractivity contribution in [2.45, 2.75) is 18.9 Å². The fourth-order valence-corrected chi connectivity index (χ4v) is 2.13. The molecule has 1 heterocycles. The molecule has 0 aliphatic carbocycles. The van der Waals surface area contributed by atoms with Crippen molar-refractivity contribution in [2.75, 3.05) is 37.0 Å². The lowest BCUT2D eigenvalue weighted by Gasteiger charge is -2.18. The Morgan fingerprint density at radius 2 is 2.21 bits per heavy atom. The van der Waals surface area contributed by atoms with E-state index in [1.807, 2.05) is 31.3 Å². The SMILES string of the molecule is CN(CCN)c1ccc(NC(=O)C2CCCO2)cc1. The van der Waals surface area contributed by atoms with Crippen molar-refractivity contribution in [3.63, 3.8) is 0 Å². The Labute approximate surface area is 113 Å². The molecule has 1 saturated heterocycles. The molecular weight excluding hydrogens is 242 g/mol. The molecule has 1 unspecified atom stereocenters. The van der Waals surface area contributed by atoms with Crippen molar-refractivity contribution in [1.29, 1.82) is 0 Å². The van der Waals surface area contributed by atoms with Crippen LogP contribution in [0.2, 0.25) is 0 Å². The minimum atomic E-state index is -0.292. The van der Waals surface area contributed by atoms with Gasteiger partial charge in [-0.15, -0.1) is 0 Å². The average Bonchev–Trinajstić information content (AvgIpc) is 2.94. The van der Waals surface area contributed by atoms with Gasteiger partial charge < -0.3 is 20.7 Å². The summed E-state index contributed by atoms with van der Waals surface area (Å²) in [6.07, 6.45) is 1.48. The highest BCUT2D eigenvalue weighted by molar-refractivity contribution is 5.94. The average molecular weight is 263 g/mol. The van der Waals surface area contributed by atoms with Crippen LogP contribution in [-0.4, -0.2) is 38.8 Å². The second-order valence-corrected chi connectivity index (χ2v) is 4.75. The first kappa shape index (κ1) is 13.8. The van der Waals surface area contributed by atoms with Gasteiger partial charge in [0.15, 0.2) is 0 Å². The van der Waals surface area contributed by atoms with E-state index in [0.29, 0.717) is 13.2 Å². The first-order valence-corrected chi connectivity index (χ1v) is 6.64. The van der Waals surface area contributed by atoms with Crippen LogP contribution in [0.5, 0.6) is 0 Å². The lowest BCUT2D eigenvalue weighted by Crippen LogP contribution is -2.27. The number of nitrogens with zero attached hydrogens (tertiary/aromatic N) is 1. The first-order valence-electron chi connectivity index (χ1n) is 6.64. The monoisotopic (exact) mass is 263 g/mol. The van der Waals surface area contributed by atoms with Gasteiger partial charge in [-0.2, -0.15) is 0 Å². The third-order valence-corrected chi connectivity index (χ3v) is 3.26. The zero-order valence-corrected chi connectivity index (χ0v) is 11.3. The highest BCUT2D eigenvalue weighted by atomic mass is 16.5. The summed E-state index contributed by atoms with van der Waals surface area (Å²) in [5.74, 6) is -0.0550. The molecule has 104 valence electrons. The van der Waals surface area contributed by atoms with E-state index < -0.39 is 0 Å². The third kappa shape index (κ3) is 3.68. The van der Waals surface area contributed by atoms with Crippen LogP contribution in [0, 0.1) is 0 Å². The number of hydrogen-bond donors (Lipinski definition) is 2. The summed E-state index contributed by atoms with van der Waals surface area (Å²) < 4.78 is 5.35. The summed E-state index contributed by atoms with van der Waals surface area (Å²) >= 11 is 0. The van der Waals surface area contributed by atoms with E-state index in [2.05, 4.69) is 10.2 Å². The van der Waals surface area contributed by atoms with Crippen LogP contribution < -0.4 is 16.0 Å². The maximum atomic E-state index is 11.9. The maximum Gasteiger partial charge on any atom is 0.253 e. The Bertz CT molecular complexity index is 413. The Balaban J connectivity index is 1.92. The molecule has 1 aromatic carbocycles. The van der Waals surface area contributed by atoms with Gasteiger partial charge in [0.2, 0.25) is 0 Å². The van der Waals surface area contributed by atoms with E-state index in [4.69, 9.17) is 10.5 Å². The van der Waals surface area contributed by atoms with Crippen molar-refractivity contribution in [2.24, 2.45) is 5.73 Å². The molecular formula is C14H21N3O2. The molecule has 1 fully saturated rings. The van der Waals surface area contributed by atoms with E-state index in [-0.39, 0.29) is 12.0 Å². The molecule has 3 N–H and O–H groups in total. The Morgan fingerprint density at radius 1 is 1.47 bits per heavy atom. The van der Waals surface area contributed by atoms with Gasteiger partial charge in [0.1, 0.15) is 6.10 Å². The predicted octanol–water partition coefficient (Wildman–Crippen LogP) is 1.20. The van der Waals surface area contributed by atoms with Gasteiger partial charge >= 0.3 is 0 Å². The molecule has 1 atom stereocenters. The van der Waals surface area contributed by atoms with Crippen LogP contribution in [0.25, 0.3) is 0 Å². The van der Waals surface area contributed by atoms with Gasteiger partial charge in [0.25, 0.3) is 5.91 Å². The minimum Gasteiger partial charge on any atom is -0.373 e. The fourth-order valence-electron chi connectivity index (χ4n) is 2.13. The van der Waals surface area contributed by atoms with Crippen LogP contribution >= 0.6 is 0 Å². The summed E-state index contributed by atoms with van der Waals surface area (Å²) in [7, 11) is 1.99. The van der Waals surface area contributed by atoms with Crippen molar-refractivity contribution < 1.29 is 9.53 Å². The molecule has 0 radical (unpaired) electrons. The minimum absolute atomic E-state index is 0.0550. The number of likely N-dealkylation sites (N-methyl/N-ethyl adjacent to an activating group) is 1. The number of carbonyl (C=O) groups is 1. The van der Waals surface area contributed by atoms with Crippen molar-refractivity contribution >= 4 is 17.3 Å². The molecule has 5 nitrogen and oxygen atoms in total. The normalized spacial score (nSPS) is 18.3. The van der Waals surface area contributed by atoms with E-state index in [0.717, 1.165) is 30.8 Å². The van der Waals surface area contributed by atoms with E-state index >= 15 is 0 Å².